The molecule has 0 aliphatic heterocycles. The largest absolute Gasteiger partial charge is 0.462 e. The van der Waals surface area contributed by atoms with Crippen molar-refractivity contribution in [2.45, 2.75) is 264 Å². The maximum Gasteiger partial charge on any atom is 0.306 e. The zero-order valence-electron chi connectivity index (χ0n) is 37.3. The molecule has 0 aromatic rings. The third kappa shape index (κ3) is 38.9. The second kappa shape index (κ2) is 44.2. The number of aliphatic hydroxyl groups is 2. The molecule has 0 aliphatic rings. The molecule has 0 saturated carbocycles. The zero-order chi connectivity index (χ0) is 41.0. The lowest BCUT2D eigenvalue weighted by Crippen LogP contribution is -2.46. The Balaban J connectivity index is 4.50. The quantitative estimate of drug-likeness (QED) is 0.0247. The Morgan fingerprint density at radius 2 is 0.929 bits per heavy atom. The van der Waals surface area contributed by atoms with Crippen molar-refractivity contribution in [1.29, 1.82) is 0 Å². The van der Waals surface area contributed by atoms with Gasteiger partial charge in [-0.15, -0.1) is 0 Å². The van der Waals surface area contributed by atoms with Crippen LogP contribution in [0.4, 0.5) is 0 Å². The van der Waals surface area contributed by atoms with E-state index in [4.69, 9.17) is 4.74 Å². The molecule has 0 fully saturated rings. The molecule has 0 spiro atoms. The second-order valence-electron chi connectivity index (χ2n) is 16.5. The van der Waals surface area contributed by atoms with Gasteiger partial charge < -0.3 is 20.3 Å². The summed E-state index contributed by atoms with van der Waals surface area (Å²) in [5, 5.41) is 23.6. The summed E-state index contributed by atoms with van der Waals surface area (Å²) < 4.78 is 5.89. The average Bonchev–Trinajstić information content (AvgIpc) is 3.19. The summed E-state index contributed by atoms with van der Waals surface area (Å²) in [6, 6.07) is -0.705. The van der Waals surface area contributed by atoms with Crippen LogP contribution in [0.5, 0.6) is 0 Å². The van der Waals surface area contributed by atoms with Crippen molar-refractivity contribution in [2.24, 2.45) is 0 Å². The van der Waals surface area contributed by atoms with E-state index in [1.165, 1.54) is 116 Å². The molecule has 0 rings (SSSR count). The van der Waals surface area contributed by atoms with E-state index in [1.807, 2.05) is 0 Å². The van der Waals surface area contributed by atoms with E-state index >= 15 is 0 Å². The molecule has 1 amide bonds. The van der Waals surface area contributed by atoms with Gasteiger partial charge in [-0.1, -0.05) is 198 Å². The molecule has 0 aromatic heterocycles. The van der Waals surface area contributed by atoms with Crippen LogP contribution in [0.3, 0.4) is 0 Å². The molecule has 3 unspecified atom stereocenters. The smallest absolute Gasteiger partial charge is 0.306 e. The van der Waals surface area contributed by atoms with Crippen molar-refractivity contribution < 1.29 is 24.5 Å². The van der Waals surface area contributed by atoms with Crippen molar-refractivity contribution in [1.82, 2.24) is 5.32 Å². The third-order valence-corrected chi connectivity index (χ3v) is 11.0. The van der Waals surface area contributed by atoms with Gasteiger partial charge in [-0.05, 0) is 70.6 Å². The summed E-state index contributed by atoms with van der Waals surface area (Å²) in [5.41, 5.74) is 0. The van der Waals surface area contributed by atoms with Crippen molar-refractivity contribution in [2.75, 3.05) is 6.61 Å². The Bertz CT molecular complexity index is 930. The molecule has 6 nitrogen and oxygen atoms in total. The van der Waals surface area contributed by atoms with Gasteiger partial charge >= 0.3 is 5.97 Å². The van der Waals surface area contributed by atoms with Gasteiger partial charge in [0, 0.05) is 6.42 Å². The first kappa shape index (κ1) is 54.1. The van der Waals surface area contributed by atoms with E-state index < -0.39 is 18.2 Å². The minimum Gasteiger partial charge on any atom is -0.462 e. The highest BCUT2D eigenvalue weighted by atomic mass is 16.5. The van der Waals surface area contributed by atoms with E-state index in [2.05, 4.69) is 62.5 Å². The van der Waals surface area contributed by atoms with Gasteiger partial charge in [0.25, 0.3) is 0 Å². The predicted octanol–water partition coefficient (Wildman–Crippen LogP) is 14.1. The van der Waals surface area contributed by atoms with E-state index in [-0.39, 0.29) is 24.9 Å². The lowest BCUT2D eigenvalue weighted by Gasteiger charge is -2.24. The Kier molecular flexibility index (Phi) is 42.7. The van der Waals surface area contributed by atoms with Crippen LogP contribution in [0.2, 0.25) is 0 Å². The van der Waals surface area contributed by atoms with Crippen LogP contribution in [-0.2, 0) is 14.3 Å². The molecule has 56 heavy (non-hydrogen) atoms. The fraction of sp³-hybridized carbons (Fsp3) is 0.840. The first-order valence-corrected chi connectivity index (χ1v) is 24.2. The Morgan fingerprint density at radius 3 is 1.45 bits per heavy atom. The summed E-state index contributed by atoms with van der Waals surface area (Å²) in [5.74, 6) is -0.506. The van der Waals surface area contributed by atoms with Gasteiger partial charge in [-0.3, -0.25) is 9.59 Å². The predicted molar refractivity (Wildman–Crippen MR) is 241 cm³/mol. The summed E-state index contributed by atoms with van der Waals surface area (Å²) in [7, 11) is 0. The van der Waals surface area contributed by atoms with Crippen LogP contribution in [-0.4, -0.2) is 46.9 Å². The molecule has 3 atom stereocenters. The number of ether oxygens (including phenoxy) is 1. The van der Waals surface area contributed by atoms with Crippen molar-refractivity contribution in [3.63, 3.8) is 0 Å². The van der Waals surface area contributed by atoms with E-state index in [0.717, 1.165) is 83.5 Å². The number of carbonyl (C=O) groups is 2. The van der Waals surface area contributed by atoms with Crippen molar-refractivity contribution in [3.8, 4) is 0 Å². The number of amides is 1. The number of unbranched alkanes of at least 4 members (excludes halogenated alkanes) is 26. The molecule has 0 aromatic carbocycles. The van der Waals surface area contributed by atoms with Gasteiger partial charge in [-0.2, -0.15) is 0 Å². The van der Waals surface area contributed by atoms with Crippen LogP contribution in [0.25, 0.3) is 0 Å². The fourth-order valence-corrected chi connectivity index (χ4v) is 7.22. The van der Waals surface area contributed by atoms with Crippen LogP contribution in [0.1, 0.15) is 245 Å². The SMILES string of the molecule is CCCC/C=C\CCCCCC(CC(=O)NC(CO)C(O)CCCCCCCCCCCC)OC(=O)CCCCCCC/C=C/C=C/CCCCCCCCC. The summed E-state index contributed by atoms with van der Waals surface area (Å²) in [6.07, 6.45) is 50.7. The number of allylic oxidation sites excluding steroid dienone is 6. The monoisotopic (exact) mass is 788 g/mol. The number of aliphatic hydroxyl groups excluding tert-OH is 2. The van der Waals surface area contributed by atoms with Crippen LogP contribution in [0, 0.1) is 0 Å². The number of rotatable bonds is 43. The van der Waals surface area contributed by atoms with Crippen LogP contribution in [0.15, 0.2) is 36.5 Å². The second-order valence-corrected chi connectivity index (χ2v) is 16.5. The van der Waals surface area contributed by atoms with E-state index in [9.17, 15) is 19.8 Å². The lowest BCUT2D eigenvalue weighted by atomic mass is 10.0. The van der Waals surface area contributed by atoms with E-state index in [0.29, 0.717) is 19.3 Å². The number of esters is 1. The standard InChI is InChI=1S/C50H93NO5/c1-4-7-10-13-16-19-21-22-23-24-25-26-27-28-31-34-37-40-43-50(55)56-46(41-38-35-32-29-18-15-12-9-6-3)44-49(54)51-47(45-52)48(53)42-39-36-33-30-20-17-14-11-8-5-2/h15,18,23-26,46-48,52-53H,4-14,16-17,19-22,27-45H2,1-3H3,(H,51,54)/b18-15-,24-23+,26-25+. The van der Waals surface area contributed by atoms with Crippen LogP contribution >= 0.6 is 0 Å². The molecule has 0 saturated heterocycles. The molecular formula is C50H93NO5. The summed E-state index contributed by atoms with van der Waals surface area (Å²) in [6.45, 7) is 6.41. The first-order valence-electron chi connectivity index (χ1n) is 24.2. The Labute approximate surface area is 347 Å². The van der Waals surface area contributed by atoms with Gasteiger partial charge in [0.2, 0.25) is 5.91 Å². The number of carbonyl (C=O) groups excluding carboxylic acids is 2. The first-order chi connectivity index (χ1) is 27.5. The molecule has 328 valence electrons. The molecular weight excluding hydrogens is 695 g/mol. The molecule has 6 heteroatoms. The minimum absolute atomic E-state index is 0.0615. The molecule has 0 bridgehead atoms. The lowest BCUT2D eigenvalue weighted by molar-refractivity contribution is -0.151. The maximum absolute atomic E-state index is 13.1. The minimum atomic E-state index is -0.790. The van der Waals surface area contributed by atoms with E-state index in [1.54, 1.807) is 0 Å². The molecule has 0 radical (unpaired) electrons. The fourth-order valence-electron chi connectivity index (χ4n) is 7.22. The molecule has 3 N–H and O–H groups in total. The van der Waals surface area contributed by atoms with Crippen LogP contribution < -0.4 is 5.32 Å². The number of hydrogen-bond acceptors (Lipinski definition) is 5. The highest BCUT2D eigenvalue weighted by molar-refractivity contribution is 5.77. The highest BCUT2D eigenvalue weighted by Gasteiger charge is 2.24. The summed E-state index contributed by atoms with van der Waals surface area (Å²) >= 11 is 0. The maximum atomic E-state index is 13.1. The Hall–Kier alpha value is -1.92. The number of hydrogen-bond donors (Lipinski definition) is 3. The normalized spacial score (nSPS) is 13.6. The van der Waals surface area contributed by atoms with Gasteiger partial charge in [0.1, 0.15) is 6.10 Å². The highest BCUT2D eigenvalue weighted by Crippen LogP contribution is 2.17. The third-order valence-electron chi connectivity index (χ3n) is 11.0. The molecule has 0 aliphatic carbocycles. The van der Waals surface area contributed by atoms with Gasteiger partial charge in [0.05, 0.1) is 25.2 Å². The Morgan fingerprint density at radius 1 is 0.518 bits per heavy atom. The summed E-state index contributed by atoms with van der Waals surface area (Å²) in [4.78, 5) is 26.0. The van der Waals surface area contributed by atoms with Gasteiger partial charge in [0.15, 0.2) is 0 Å². The topological polar surface area (TPSA) is 95.9 Å². The van der Waals surface area contributed by atoms with Crippen molar-refractivity contribution in [3.05, 3.63) is 36.5 Å². The van der Waals surface area contributed by atoms with Gasteiger partial charge in [-0.25, -0.2) is 0 Å². The molecule has 0 heterocycles. The zero-order valence-corrected chi connectivity index (χ0v) is 37.3. The average molecular weight is 788 g/mol. The van der Waals surface area contributed by atoms with Crippen molar-refractivity contribution >= 4 is 11.9 Å². The number of nitrogens with one attached hydrogen (secondary N) is 1.